The van der Waals surface area contributed by atoms with E-state index >= 15 is 0 Å². The fourth-order valence-corrected chi connectivity index (χ4v) is 3.16. The van der Waals surface area contributed by atoms with Crippen LogP contribution in [0.4, 0.5) is 18.9 Å². The summed E-state index contributed by atoms with van der Waals surface area (Å²) in [6.07, 6.45) is -2.48. The quantitative estimate of drug-likeness (QED) is 0.878. The molecule has 1 saturated heterocycles. The Kier molecular flexibility index (Phi) is 3.38. The molecule has 2 aliphatic rings. The van der Waals surface area contributed by atoms with Crippen LogP contribution < -0.4 is 11.1 Å². The molecule has 1 aliphatic heterocycles. The van der Waals surface area contributed by atoms with Crippen LogP contribution in [-0.4, -0.2) is 24.8 Å². The van der Waals surface area contributed by atoms with Gasteiger partial charge in [-0.2, -0.15) is 13.2 Å². The second kappa shape index (κ2) is 4.93. The van der Waals surface area contributed by atoms with Crippen molar-refractivity contribution in [2.45, 2.75) is 37.2 Å². The number of anilines is 1. The number of alkyl halides is 3. The summed E-state index contributed by atoms with van der Waals surface area (Å²) >= 11 is 0. The molecule has 0 amide bonds. The summed E-state index contributed by atoms with van der Waals surface area (Å²) in [6, 6.07) is 5.08. The van der Waals surface area contributed by atoms with Crippen molar-refractivity contribution >= 4 is 5.69 Å². The number of nitrogens with two attached hydrogens (primary N) is 1. The SMILES string of the molecule is NC1C2CCCOC2C1Nc1ccccc1C(F)(F)F. The first-order chi connectivity index (χ1) is 9.48. The van der Waals surface area contributed by atoms with Gasteiger partial charge < -0.3 is 15.8 Å². The lowest BCUT2D eigenvalue weighted by molar-refractivity contribution is -0.137. The highest BCUT2D eigenvalue weighted by atomic mass is 19.4. The average molecular weight is 286 g/mol. The van der Waals surface area contributed by atoms with Crippen LogP contribution in [0.25, 0.3) is 0 Å². The number of hydrogen-bond acceptors (Lipinski definition) is 3. The lowest BCUT2D eigenvalue weighted by Gasteiger charge is -2.52. The van der Waals surface area contributed by atoms with Crippen LogP contribution in [0.2, 0.25) is 0 Å². The molecule has 3 rings (SSSR count). The third-order valence-electron chi connectivity index (χ3n) is 4.23. The Balaban J connectivity index is 1.79. The highest BCUT2D eigenvalue weighted by molar-refractivity contribution is 5.54. The van der Waals surface area contributed by atoms with Gasteiger partial charge in [0.05, 0.1) is 17.7 Å². The molecule has 1 heterocycles. The van der Waals surface area contributed by atoms with Crippen LogP contribution in [0.5, 0.6) is 0 Å². The molecule has 0 radical (unpaired) electrons. The number of halogens is 3. The number of para-hydroxylation sites is 1. The number of hydrogen-bond donors (Lipinski definition) is 2. The number of benzene rings is 1. The van der Waals surface area contributed by atoms with Crippen LogP contribution in [-0.2, 0) is 10.9 Å². The van der Waals surface area contributed by atoms with Crippen molar-refractivity contribution in [1.29, 1.82) is 0 Å². The van der Waals surface area contributed by atoms with Gasteiger partial charge in [0, 0.05) is 24.3 Å². The van der Waals surface area contributed by atoms with E-state index in [4.69, 9.17) is 10.5 Å². The smallest absolute Gasteiger partial charge is 0.378 e. The summed E-state index contributed by atoms with van der Waals surface area (Å²) < 4.78 is 44.5. The fourth-order valence-electron chi connectivity index (χ4n) is 3.16. The van der Waals surface area contributed by atoms with Crippen molar-refractivity contribution in [3.8, 4) is 0 Å². The number of fused-ring (bicyclic) bond motifs is 1. The molecule has 3 nitrogen and oxygen atoms in total. The van der Waals surface area contributed by atoms with Crippen LogP contribution in [0.1, 0.15) is 18.4 Å². The van der Waals surface area contributed by atoms with E-state index in [1.165, 1.54) is 12.1 Å². The van der Waals surface area contributed by atoms with Gasteiger partial charge in [-0.1, -0.05) is 12.1 Å². The summed E-state index contributed by atoms with van der Waals surface area (Å²) in [5, 5.41) is 2.93. The maximum absolute atomic E-state index is 12.9. The normalized spacial score (nSPS) is 33.2. The predicted octanol–water partition coefficient (Wildman–Crippen LogP) is 2.62. The monoisotopic (exact) mass is 286 g/mol. The lowest BCUT2D eigenvalue weighted by atomic mass is 9.68. The average Bonchev–Trinajstić information content (AvgIpc) is 2.44. The third-order valence-corrected chi connectivity index (χ3v) is 4.23. The van der Waals surface area contributed by atoms with Gasteiger partial charge in [-0.05, 0) is 25.0 Å². The molecular weight excluding hydrogens is 269 g/mol. The van der Waals surface area contributed by atoms with E-state index in [1.807, 2.05) is 0 Å². The zero-order valence-electron chi connectivity index (χ0n) is 10.9. The Morgan fingerprint density at radius 2 is 2.00 bits per heavy atom. The molecule has 4 unspecified atom stereocenters. The van der Waals surface area contributed by atoms with E-state index in [-0.39, 0.29) is 29.8 Å². The maximum atomic E-state index is 12.9. The summed E-state index contributed by atoms with van der Waals surface area (Å²) in [7, 11) is 0. The largest absolute Gasteiger partial charge is 0.418 e. The fraction of sp³-hybridized carbons (Fsp3) is 0.571. The Labute approximate surface area is 115 Å². The Bertz CT molecular complexity index is 492. The Morgan fingerprint density at radius 1 is 1.25 bits per heavy atom. The van der Waals surface area contributed by atoms with Gasteiger partial charge in [0.2, 0.25) is 0 Å². The predicted molar refractivity (Wildman–Crippen MR) is 69.3 cm³/mol. The minimum Gasteiger partial charge on any atom is -0.378 e. The van der Waals surface area contributed by atoms with Crippen molar-refractivity contribution in [3.63, 3.8) is 0 Å². The van der Waals surface area contributed by atoms with Gasteiger partial charge in [0.25, 0.3) is 0 Å². The molecule has 6 heteroatoms. The maximum Gasteiger partial charge on any atom is 0.418 e. The van der Waals surface area contributed by atoms with E-state index in [9.17, 15) is 13.2 Å². The minimum absolute atomic E-state index is 0.0694. The van der Waals surface area contributed by atoms with E-state index in [2.05, 4.69) is 5.32 Å². The second-order valence-corrected chi connectivity index (χ2v) is 5.43. The molecular formula is C14H17F3N2O. The van der Waals surface area contributed by atoms with Gasteiger partial charge in [-0.15, -0.1) is 0 Å². The summed E-state index contributed by atoms with van der Waals surface area (Å²) in [5.41, 5.74) is 5.48. The molecule has 0 aromatic heterocycles. The molecule has 0 spiro atoms. The van der Waals surface area contributed by atoms with Crippen molar-refractivity contribution in [2.24, 2.45) is 11.7 Å². The van der Waals surface area contributed by atoms with Crippen LogP contribution in [0.15, 0.2) is 24.3 Å². The molecule has 3 N–H and O–H groups in total. The molecule has 1 aliphatic carbocycles. The van der Waals surface area contributed by atoms with Crippen LogP contribution >= 0.6 is 0 Å². The Morgan fingerprint density at radius 3 is 2.75 bits per heavy atom. The molecule has 0 bridgehead atoms. The first-order valence-corrected chi connectivity index (χ1v) is 6.78. The molecule has 4 atom stereocenters. The summed E-state index contributed by atoms with van der Waals surface area (Å²) in [6.45, 7) is 0.660. The lowest BCUT2D eigenvalue weighted by Crippen LogP contribution is -2.69. The zero-order valence-corrected chi connectivity index (χ0v) is 10.9. The van der Waals surface area contributed by atoms with Crippen molar-refractivity contribution in [3.05, 3.63) is 29.8 Å². The summed E-state index contributed by atoms with van der Waals surface area (Å²) in [4.78, 5) is 0. The van der Waals surface area contributed by atoms with Crippen LogP contribution in [0.3, 0.4) is 0 Å². The molecule has 2 fully saturated rings. The van der Waals surface area contributed by atoms with Gasteiger partial charge in [0.1, 0.15) is 0 Å². The highest BCUT2D eigenvalue weighted by Crippen LogP contribution is 2.41. The molecule has 1 aromatic carbocycles. The number of ether oxygens (including phenoxy) is 1. The number of nitrogens with one attached hydrogen (secondary N) is 1. The topological polar surface area (TPSA) is 47.3 Å². The molecule has 20 heavy (non-hydrogen) atoms. The van der Waals surface area contributed by atoms with E-state index in [0.717, 1.165) is 18.9 Å². The second-order valence-electron chi connectivity index (χ2n) is 5.43. The van der Waals surface area contributed by atoms with E-state index in [0.29, 0.717) is 6.61 Å². The van der Waals surface area contributed by atoms with Gasteiger partial charge in [0.15, 0.2) is 0 Å². The number of rotatable bonds is 2. The van der Waals surface area contributed by atoms with Crippen LogP contribution in [0, 0.1) is 5.92 Å². The van der Waals surface area contributed by atoms with E-state index in [1.54, 1.807) is 6.07 Å². The van der Waals surface area contributed by atoms with Crippen molar-refractivity contribution < 1.29 is 17.9 Å². The Hall–Kier alpha value is -1.27. The van der Waals surface area contributed by atoms with Gasteiger partial charge >= 0.3 is 6.18 Å². The van der Waals surface area contributed by atoms with Crippen molar-refractivity contribution in [1.82, 2.24) is 0 Å². The molecule has 1 saturated carbocycles. The van der Waals surface area contributed by atoms with Crippen molar-refractivity contribution in [2.75, 3.05) is 11.9 Å². The van der Waals surface area contributed by atoms with Gasteiger partial charge in [-0.3, -0.25) is 0 Å². The minimum atomic E-state index is -4.37. The standard InChI is InChI=1S/C14H17F3N2O/c15-14(16,17)9-5-1-2-6-10(9)19-12-11(18)8-4-3-7-20-13(8)12/h1-2,5-6,8,11-13,19H,3-4,7,18H2. The first kappa shape index (κ1) is 13.7. The highest BCUT2D eigenvalue weighted by Gasteiger charge is 2.51. The molecule has 110 valence electrons. The zero-order chi connectivity index (χ0) is 14.3. The summed E-state index contributed by atoms with van der Waals surface area (Å²) in [5.74, 6) is 0.263. The first-order valence-electron chi connectivity index (χ1n) is 6.78. The molecule has 1 aromatic rings. The third kappa shape index (κ3) is 2.27. The van der Waals surface area contributed by atoms with Gasteiger partial charge in [-0.25, -0.2) is 0 Å². The van der Waals surface area contributed by atoms with E-state index < -0.39 is 11.7 Å².